The summed E-state index contributed by atoms with van der Waals surface area (Å²) in [5, 5.41) is 1.76. The van der Waals surface area contributed by atoms with Crippen LogP contribution in [0.4, 0.5) is 0 Å². The number of nitrogens with zero attached hydrogens (tertiary/aromatic N) is 1. The first kappa shape index (κ1) is 14.2. The van der Waals surface area contributed by atoms with Crippen molar-refractivity contribution in [2.24, 2.45) is 0 Å². The molecule has 0 aromatic carbocycles. The maximum absolute atomic E-state index is 11.8. The van der Waals surface area contributed by atoms with Gasteiger partial charge in [-0.3, -0.25) is 4.98 Å². The molecule has 4 nitrogen and oxygen atoms in total. The number of aromatic nitrogens is 1. The van der Waals surface area contributed by atoms with Crippen molar-refractivity contribution in [1.82, 2.24) is 9.71 Å². The second kappa shape index (κ2) is 6.79. The first-order valence-corrected chi connectivity index (χ1v) is 8.47. The van der Waals surface area contributed by atoms with Crippen molar-refractivity contribution >= 4 is 21.4 Å². The number of hydrogen-bond acceptors (Lipinski definition) is 4. The lowest BCUT2D eigenvalue weighted by atomic mass is 10.1. The molecule has 2 aromatic heterocycles. The quantitative estimate of drug-likeness (QED) is 0.798. The maximum atomic E-state index is 11.8. The molecule has 19 heavy (non-hydrogen) atoms. The van der Waals surface area contributed by atoms with E-state index in [2.05, 4.69) is 9.71 Å². The summed E-state index contributed by atoms with van der Waals surface area (Å²) in [6, 6.07) is 7.29. The molecule has 0 aliphatic rings. The minimum Gasteiger partial charge on any atom is -0.264 e. The van der Waals surface area contributed by atoms with Crippen molar-refractivity contribution in [2.75, 3.05) is 6.54 Å². The minimum atomic E-state index is -3.31. The molecule has 2 rings (SSSR count). The normalized spacial score (nSPS) is 11.6. The van der Waals surface area contributed by atoms with Gasteiger partial charge in [-0.1, -0.05) is 12.1 Å². The number of rotatable bonds is 7. The maximum Gasteiger partial charge on any atom is 0.250 e. The van der Waals surface area contributed by atoms with E-state index >= 15 is 0 Å². The summed E-state index contributed by atoms with van der Waals surface area (Å²) in [5.41, 5.74) is 1.18. The molecule has 102 valence electrons. The predicted molar refractivity (Wildman–Crippen MR) is 76.7 cm³/mol. The average molecular weight is 296 g/mol. The molecule has 0 spiro atoms. The molecule has 2 aromatic rings. The highest BCUT2D eigenvalue weighted by atomic mass is 32.2. The Bertz CT molecular complexity index is 580. The summed E-state index contributed by atoms with van der Waals surface area (Å²) in [5.74, 6) is 0. The number of hydrogen-bond donors (Lipinski definition) is 1. The fraction of sp³-hybridized carbons (Fsp3) is 0.308. The van der Waals surface area contributed by atoms with Gasteiger partial charge in [0.15, 0.2) is 0 Å². The van der Waals surface area contributed by atoms with Crippen LogP contribution >= 0.6 is 11.3 Å². The topological polar surface area (TPSA) is 59.1 Å². The van der Waals surface area contributed by atoms with Crippen LogP contribution < -0.4 is 4.72 Å². The molecule has 0 saturated carbocycles. The van der Waals surface area contributed by atoms with Crippen LogP contribution in [-0.2, 0) is 16.4 Å². The second-order valence-corrected chi connectivity index (χ2v) is 7.09. The highest BCUT2D eigenvalue weighted by Gasteiger charge is 2.13. The zero-order chi connectivity index (χ0) is 13.6. The van der Waals surface area contributed by atoms with E-state index in [1.165, 1.54) is 16.9 Å². The Kier molecular flexibility index (Phi) is 5.07. The Hall–Kier alpha value is -1.24. The van der Waals surface area contributed by atoms with Crippen LogP contribution in [0.25, 0.3) is 0 Å². The molecule has 0 saturated heterocycles. The Morgan fingerprint density at radius 3 is 2.79 bits per heavy atom. The number of nitrogens with one attached hydrogen (secondary N) is 1. The highest BCUT2D eigenvalue weighted by molar-refractivity contribution is 7.91. The van der Waals surface area contributed by atoms with Gasteiger partial charge < -0.3 is 0 Å². The van der Waals surface area contributed by atoms with Crippen LogP contribution in [0.5, 0.6) is 0 Å². The highest BCUT2D eigenvalue weighted by Crippen LogP contribution is 2.15. The summed E-state index contributed by atoms with van der Waals surface area (Å²) in [6.07, 6.45) is 6.28. The molecule has 0 bridgehead atoms. The minimum absolute atomic E-state index is 0.375. The standard InChI is InChI=1S/C13H16N2O2S2/c16-19(17,13-7-4-10-18-13)15-9-2-1-5-12-6-3-8-14-11-12/h3-4,6-8,10-11,15H,1-2,5,9H2. The van der Waals surface area contributed by atoms with Gasteiger partial charge in [-0.15, -0.1) is 11.3 Å². The predicted octanol–water partition coefficient (Wildman–Crippen LogP) is 2.44. The second-order valence-electron chi connectivity index (χ2n) is 4.15. The fourth-order valence-electron chi connectivity index (χ4n) is 1.69. The smallest absolute Gasteiger partial charge is 0.250 e. The van der Waals surface area contributed by atoms with Crippen molar-refractivity contribution in [1.29, 1.82) is 0 Å². The first-order chi connectivity index (χ1) is 9.18. The van der Waals surface area contributed by atoms with Crippen molar-refractivity contribution in [2.45, 2.75) is 23.5 Å². The third-order valence-electron chi connectivity index (χ3n) is 2.67. The van der Waals surface area contributed by atoms with Crippen LogP contribution in [0, 0.1) is 0 Å². The van der Waals surface area contributed by atoms with E-state index in [0.717, 1.165) is 19.3 Å². The van der Waals surface area contributed by atoms with E-state index in [0.29, 0.717) is 10.8 Å². The Morgan fingerprint density at radius 1 is 1.21 bits per heavy atom. The van der Waals surface area contributed by atoms with Crippen LogP contribution in [0.1, 0.15) is 18.4 Å². The molecular weight excluding hydrogens is 280 g/mol. The first-order valence-electron chi connectivity index (χ1n) is 6.10. The Labute approximate surface area is 117 Å². The van der Waals surface area contributed by atoms with E-state index in [9.17, 15) is 8.42 Å². The van der Waals surface area contributed by atoms with Gasteiger partial charge in [0.2, 0.25) is 10.0 Å². The average Bonchev–Trinajstić information content (AvgIpc) is 2.94. The van der Waals surface area contributed by atoms with E-state index in [-0.39, 0.29) is 0 Å². The number of unbranched alkanes of at least 4 members (excludes halogenated alkanes) is 1. The van der Waals surface area contributed by atoms with Gasteiger partial charge in [0.1, 0.15) is 4.21 Å². The van der Waals surface area contributed by atoms with Crippen molar-refractivity contribution in [3.63, 3.8) is 0 Å². The molecule has 6 heteroatoms. The van der Waals surface area contributed by atoms with Crippen LogP contribution in [0.15, 0.2) is 46.2 Å². The monoisotopic (exact) mass is 296 g/mol. The SMILES string of the molecule is O=S(=O)(NCCCCc1cccnc1)c1cccs1. The summed E-state index contributed by atoms with van der Waals surface area (Å²) in [7, 11) is -3.31. The number of pyridine rings is 1. The third kappa shape index (κ3) is 4.41. The van der Waals surface area contributed by atoms with E-state index in [4.69, 9.17) is 0 Å². The summed E-state index contributed by atoms with van der Waals surface area (Å²) in [4.78, 5) is 4.05. The van der Waals surface area contributed by atoms with Gasteiger partial charge in [0, 0.05) is 18.9 Å². The lowest BCUT2D eigenvalue weighted by molar-refractivity contribution is 0.578. The van der Waals surface area contributed by atoms with Gasteiger partial charge in [-0.05, 0) is 42.3 Å². The summed E-state index contributed by atoms with van der Waals surface area (Å²) >= 11 is 1.23. The Balaban J connectivity index is 1.70. The van der Waals surface area contributed by atoms with Crippen LogP contribution in [0.3, 0.4) is 0 Å². The van der Waals surface area contributed by atoms with Gasteiger partial charge in [0.25, 0.3) is 0 Å². The van der Waals surface area contributed by atoms with Gasteiger partial charge in [0.05, 0.1) is 0 Å². The van der Waals surface area contributed by atoms with Crippen LogP contribution in [-0.4, -0.2) is 19.9 Å². The fourth-order valence-corrected chi connectivity index (χ4v) is 3.81. The lowest BCUT2D eigenvalue weighted by Gasteiger charge is -2.04. The van der Waals surface area contributed by atoms with Gasteiger partial charge in [-0.2, -0.15) is 0 Å². The molecule has 0 atom stereocenters. The van der Waals surface area contributed by atoms with Crippen molar-refractivity contribution in [3.8, 4) is 0 Å². The van der Waals surface area contributed by atoms with Gasteiger partial charge >= 0.3 is 0 Å². The zero-order valence-corrected chi connectivity index (χ0v) is 12.1. The van der Waals surface area contributed by atoms with Crippen LogP contribution in [0.2, 0.25) is 0 Å². The molecule has 0 amide bonds. The van der Waals surface area contributed by atoms with E-state index in [1.807, 2.05) is 18.3 Å². The molecule has 0 aliphatic heterocycles. The molecule has 0 aliphatic carbocycles. The third-order valence-corrected chi connectivity index (χ3v) is 5.53. The zero-order valence-electron chi connectivity index (χ0n) is 10.5. The number of thiophene rings is 1. The number of sulfonamides is 1. The molecule has 1 N–H and O–H groups in total. The largest absolute Gasteiger partial charge is 0.264 e. The Morgan fingerprint density at radius 2 is 2.11 bits per heavy atom. The molecule has 0 unspecified atom stereocenters. The summed E-state index contributed by atoms with van der Waals surface area (Å²) < 4.78 is 26.6. The lowest BCUT2D eigenvalue weighted by Crippen LogP contribution is -2.24. The van der Waals surface area contributed by atoms with Crippen molar-refractivity contribution in [3.05, 3.63) is 47.6 Å². The van der Waals surface area contributed by atoms with Gasteiger partial charge in [-0.25, -0.2) is 13.1 Å². The number of aryl methyl sites for hydroxylation is 1. The van der Waals surface area contributed by atoms with Crippen molar-refractivity contribution < 1.29 is 8.42 Å². The molecule has 0 radical (unpaired) electrons. The summed E-state index contributed by atoms with van der Waals surface area (Å²) in [6.45, 7) is 0.473. The molecule has 0 fully saturated rings. The van der Waals surface area contributed by atoms with E-state index < -0.39 is 10.0 Å². The van der Waals surface area contributed by atoms with E-state index in [1.54, 1.807) is 23.7 Å². The molecular formula is C13H16N2O2S2. The molecule has 2 heterocycles.